The van der Waals surface area contributed by atoms with E-state index in [4.69, 9.17) is 15.9 Å². The summed E-state index contributed by atoms with van der Waals surface area (Å²) in [7, 11) is 0. The number of imidazole rings is 1. The monoisotopic (exact) mass is 400 g/mol. The van der Waals surface area contributed by atoms with Gasteiger partial charge in [-0.1, -0.05) is 0 Å². The lowest BCUT2D eigenvalue weighted by Gasteiger charge is -2.14. The molecule has 2 rings (SSSR count). The Morgan fingerprint density at radius 1 is 1.21 bits per heavy atom. The van der Waals surface area contributed by atoms with Crippen molar-refractivity contribution >= 4 is 29.3 Å². The first kappa shape index (κ1) is 21.6. The molecule has 29 heavy (non-hydrogen) atoms. The first-order valence-electron chi connectivity index (χ1n) is 9.07. The van der Waals surface area contributed by atoms with E-state index in [1.807, 2.05) is 0 Å². The predicted octanol–water partition coefficient (Wildman–Crippen LogP) is 0.876. The fourth-order valence-corrected chi connectivity index (χ4v) is 2.49. The van der Waals surface area contributed by atoms with Gasteiger partial charge in [0, 0.05) is 43.0 Å². The van der Waals surface area contributed by atoms with Crippen molar-refractivity contribution in [2.45, 2.75) is 25.7 Å². The van der Waals surface area contributed by atoms with Gasteiger partial charge in [-0.05, 0) is 31.2 Å². The highest BCUT2D eigenvalue weighted by molar-refractivity contribution is 5.96. The Labute approximate surface area is 167 Å². The largest absolute Gasteiger partial charge is 0.465 e. The molecule has 1 aromatic heterocycles. The maximum atomic E-state index is 12.1. The van der Waals surface area contributed by atoms with Crippen molar-refractivity contribution in [3.63, 3.8) is 0 Å². The minimum atomic E-state index is -0.748. The Kier molecular flexibility index (Phi) is 7.89. The number of rotatable bonds is 10. The number of carbonyl (C=O) groups is 3. The van der Waals surface area contributed by atoms with Crippen LogP contribution >= 0.6 is 0 Å². The van der Waals surface area contributed by atoms with Crippen molar-refractivity contribution in [2.75, 3.05) is 18.5 Å². The van der Waals surface area contributed by atoms with E-state index in [1.54, 1.807) is 37.4 Å². The number of benzene rings is 1. The third kappa shape index (κ3) is 6.76. The number of anilines is 1. The maximum absolute atomic E-state index is 12.1. The third-order valence-electron chi connectivity index (χ3n) is 3.98. The molecule has 2 aromatic rings. The van der Waals surface area contributed by atoms with Crippen molar-refractivity contribution in [1.29, 1.82) is 5.41 Å². The smallest absolute Gasteiger partial charge is 0.318 e. The lowest BCUT2D eigenvalue weighted by atomic mass is 10.1. The van der Waals surface area contributed by atoms with E-state index in [2.05, 4.69) is 20.6 Å². The summed E-state index contributed by atoms with van der Waals surface area (Å²) in [5.41, 5.74) is 6.47. The summed E-state index contributed by atoms with van der Waals surface area (Å²) in [5.74, 6) is -1.60. The molecule has 6 N–H and O–H groups in total. The van der Waals surface area contributed by atoms with Crippen LogP contribution in [0.3, 0.4) is 0 Å². The van der Waals surface area contributed by atoms with Gasteiger partial charge in [0.15, 0.2) is 0 Å². The standard InChI is InChI=1S/C19H24N6O4/c1-2-29-19(28)14(18-22-9-10-23-18)11-24-15(26)7-8-16(27)25-13-5-3-12(4-6-13)17(20)21/h3-6,9-10,14H,2,7-8,11H2,1H3,(H3,20,21)(H,22,23)(H,24,26)(H,25,27). The number of nitrogens with zero attached hydrogens (tertiary/aromatic N) is 1. The molecular formula is C19H24N6O4. The molecule has 1 heterocycles. The number of nitrogens with one attached hydrogen (secondary N) is 4. The molecular weight excluding hydrogens is 376 g/mol. The first-order valence-corrected chi connectivity index (χ1v) is 9.07. The van der Waals surface area contributed by atoms with Gasteiger partial charge in [0.25, 0.3) is 0 Å². The zero-order chi connectivity index (χ0) is 21.2. The summed E-state index contributed by atoms with van der Waals surface area (Å²) in [6, 6.07) is 6.49. The van der Waals surface area contributed by atoms with E-state index < -0.39 is 11.9 Å². The van der Waals surface area contributed by atoms with E-state index in [-0.39, 0.29) is 43.6 Å². The number of nitrogen functional groups attached to an aromatic ring is 1. The van der Waals surface area contributed by atoms with Gasteiger partial charge in [0.2, 0.25) is 11.8 Å². The molecule has 0 spiro atoms. The van der Waals surface area contributed by atoms with E-state index >= 15 is 0 Å². The van der Waals surface area contributed by atoms with E-state index in [1.165, 1.54) is 6.20 Å². The molecule has 0 fully saturated rings. The van der Waals surface area contributed by atoms with Crippen LogP contribution in [0.25, 0.3) is 0 Å². The highest BCUT2D eigenvalue weighted by atomic mass is 16.5. The summed E-state index contributed by atoms with van der Waals surface area (Å²) in [5, 5.41) is 12.6. The van der Waals surface area contributed by atoms with Crippen LogP contribution in [0.2, 0.25) is 0 Å². The molecule has 0 aliphatic heterocycles. The van der Waals surface area contributed by atoms with Crippen LogP contribution in [0.15, 0.2) is 36.7 Å². The Morgan fingerprint density at radius 3 is 2.48 bits per heavy atom. The number of carbonyl (C=O) groups excluding carboxylic acids is 3. The molecule has 2 amide bonds. The fourth-order valence-electron chi connectivity index (χ4n) is 2.49. The zero-order valence-electron chi connectivity index (χ0n) is 16.0. The van der Waals surface area contributed by atoms with E-state index in [0.717, 1.165) is 0 Å². The van der Waals surface area contributed by atoms with Gasteiger partial charge >= 0.3 is 5.97 Å². The van der Waals surface area contributed by atoms with Crippen molar-refractivity contribution in [3.05, 3.63) is 48.0 Å². The summed E-state index contributed by atoms with van der Waals surface area (Å²) in [6.45, 7) is 1.93. The van der Waals surface area contributed by atoms with Crippen molar-refractivity contribution < 1.29 is 19.1 Å². The predicted molar refractivity (Wildman–Crippen MR) is 106 cm³/mol. The average Bonchev–Trinajstić information content (AvgIpc) is 3.21. The van der Waals surface area contributed by atoms with Gasteiger partial charge in [0.1, 0.15) is 17.6 Å². The number of aromatic nitrogens is 2. The van der Waals surface area contributed by atoms with Gasteiger partial charge in [-0.25, -0.2) is 4.98 Å². The normalized spacial score (nSPS) is 11.3. The van der Waals surface area contributed by atoms with Crippen molar-refractivity contribution in [3.8, 4) is 0 Å². The Balaban J connectivity index is 1.79. The second kappa shape index (κ2) is 10.6. The molecule has 10 nitrogen and oxygen atoms in total. The van der Waals surface area contributed by atoms with Gasteiger partial charge in [-0.15, -0.1) is 0 Å². The number of nitrogens with two attached hydrogens (primary N) is 1. The molecule has 0 bridgehead atoms. The highest BCUT2D eigenvalue weighted by Crippen LogP contribution is 2.13. The number of ether oxygens (including phenoxy) is 1. The number of amides is 2. The Morgan fingerprint density at radius 2 is 1.90 bits per heavy atom. The summed E-state index contributed by atoms with van der Waals surface area (Å²) in [6.07, 6.45) is 3.03. The number of esters is 1. The molecule has 154 valence electrons. The minimum Gasteiger partial charge on any atom is -0.465 e. The number of hydrogen-bond donors (Lipinski definition) is 5. The van der Waals surface area contributed by atoms with Crippen LogP contribution < -0.4 is 16.4 Å². The van der Waals surface area contributed by atoms with Crippen molar-refractivity contribution in [1.82, 2.24) is 15.3 Å². The number of amidine groups is 1. The van der Waals surface area contributed by atoms with Crippen LogP contribution in [0.1, 0.15) is 37.1 Å². The van der Waals surface area contributed by atoms with Gasteiger partial charge in [-0.3, -0.25) is 19.8 Å². The topological polar surface area (TPSA) is 163 Å². The van der Waals surface area contributed by atoms with E-state index in [0.29, 0.717) is 17.1 Å². The average molecular weight is 400 g/mol. The van der Waals surface area contributed by atoms with Crippen LogP contribution in [0.5, 0.6) is 0 Å². The van der Waals surface area contributed by atoms with Crippen LogP contribution in [-0.2, 0) is 19.1 Å². The molecule has 0 radical (unpaired) electrons. The van der Waals surface area contributed by atoms with Gasteiger partial charge in [-0.2, -0.15) is 0 Å². The highest BCUT2D eigenvalue weighted by Gasteiger charge is 2.25. The van der Waals surface area contributed by atoms with Gasteiger partial charge < -0.3 is 26.1 Å². The van der Waals surface area contributed by atoms with Crippen molar-refractivity contribution in [2.24, 2.45) is 5.73 Å². The number of hydrogen-bond acceptors (Lipinski definition) is 6. The summed E-state index contributed by atoms with van der Waals surface area (Å²) in [4.78, 5) is 43.0. The van der Waals surface area contributed by atoms with Gasteiger partial charge in [0.05, 0.1) is 6.61 Å². The van der Waals surface area contributed by atoms with Crippen LogP contribution in [0.4, 0.5) is 5.69 Å². The second-order valence-corrected chi connectivity index (χ2v) is 6.12. The maximum Gasteiger partial charge on any atom is 0.318 e. The molecule has 1 unspecified atom stereocenters. The summed E-state index contributed by atoms with van der Waals surface area (Å²) < 4.78 is 5.01. The first-order chi connectivity index (χ1) is 13.9. The third-order valence-corrected chi connectivity index (χ3v) is 3.98. The van der Waals surface area contributed by atoms with Crippen LogP contribution in [0, 0.1) is 5.41 Å². The second-order valence-electron chi connectivity index (χ2n) is 6.12. The van der Waals surface area contributed by atoms with Crippen LogP contribution in [-0.4, -0.2) is 46.7 Å². The summed E-state index contributed by atoms with van der Waals surface area (Å²) >= 11 is 0. The molecule has 0 aliphatic rings. The molecule has 10 heteroatoms. The quantitative estimate of drug-likeness (QED) is 0.226. The lowest BCUT2D eigenvalue weighted by molar-refractivity contribution is -0.145. The fraction of sp³-hybridized carbons (Fsp3) is 0.316. The molecule has 0 aliphatic carbocycles. The zero-order valence-corrected chi connectivity index (χ0v) is 16.0. The molecule has 1 atom stereocenters. The SMILES string of the molecule is CCOC(=O)C(CNC(=O)CCC(=O)Nc1ccc(C(=N)N)cc1)c1ncc[nH]1. The molecule has 0 saturated heterocycles. The molecule has 0 saturated carbocycles. The van der Waals surface area contributed by atoms with E-state index in [9.17, 15) is 14.4 Å². The Bertz CT molecular complexity index is 848. The minimum absolute atomic E-state index is 0.0132. The number of H-pyrrole nitrogens is 1. The molecule has 1 aromatic carbocycles. The Hall–Kier alpha value is -3.69. The number of aromatic amines is 1. The lowest BCUT2D eigenvalue weighted by Crippen LogP contribution is -2.33.